The van der Waals surface area contributed by atoms with Gasteiger partial charge in [0.2, 0.25) is 15.9 Å². The fourth-order valence-electron chi connectivity index (χ4n) is 2.97. The lowest BCUT2D eigenvalue weighted by molar-refractivity contribution is -0.141. The molecular formula is C22H25F4N3O3S. The van der Waals surface area contributed by atoms with Gasteiger partial charge in [-0.1, -0.05) is 26.0 Å². The van der Waals surface area contributed by atoms with Crippen molar-refractivity contribution in [1.29, 1.82) is 0 Å². The Balaban J connectivity index is 2.15. The number of halogens is 4. The smallest absolute Gasteiger partial charge is 0.346 e. The number of carbonyl (C=O) groups is 1. The first-order valence-electron chi connectivity index (χ1n) is 9.98. The van der Waals surface area contributed by atoms with Crippen LogP contribution in [0.1, 0.15) is 49.3 Å². The molecule has 0 aliphatic carbocycles. The summed E-state index contributed by atoms with van der Waals surface area (Å²) in [5, 5.41) is 2.63. The number of hydrogen-bond acceptors (Lipinski definition) is 4. The van der Waals surface area contributed by atoms with Gasteiger partial charge in [0, 0.05) is 11.8 Å². The van der Waals surface area contributed by atoms with Crippen molar-refractivity contribution in [1.82, 2.24) is 10.3 Å². The van der Waals surface area contributed by atoms with Crippen LogP contribution < -0.4 is 10.0 Å². The number of carbonyl (C=O) groups excluding carboxylic acids is 1. The van der Waals surface area contributed by atoms with E-state index < -0.39 is 39.7 Å². The molecule has 0 saturated carbocycles. The molecule has 180 valence electrons. The minimum atomic E-state index is -4.57. The minimum absolute atomic E-state index is 0.0528. The van der Waals surface area contributed by atoms with E-state index in [1.807, 2.05) is 18.6 Å². The molecule has 1 aromatic heterocycles. The number of sulfonamides is 1. The molecule has 0 unspecified atom stereocenters. The third-order valence-electron chi connectivity index (χ3n) is 4.46. The molecule has 1 aromatic carbocycles. The first-order valence-corrected chi connectivity index (χ1v) is 11.9. The number of nitrogens with zero attached hydrogens (tertiary/aromatic N) is 1. The highest BCUT2D eigenvalue weighted by molar-refractivity contribution is 7.92. The summed E-state index contributed by atoms with van der Waals surface area (Å²) in [7, 11) is -3.64. The molecule has 1 heterocycles. The summed E-state index contributed by atoms with van der Waals surface area (Å²) in [6.07, 6.45) is -0.821. The van der Waals surface area contributed by atoms with Gasteiger partial charge in [-0.05, 0) is 54.7 Å². The molecule has 0 spiro atoms. The number of hydrogen-bond donors (Lipinski definition) is 2. The highest BCUT2D eigenvalue weighted by atomic mass is 32.2. The quantitative estimate of drug-likeness (QED) is 0.417. The average Bonchev–Trinajstić information content (AvgIpc) is 2.66. The number of nitrogens with one attached hydrogen (secondary N) is 2. The molecular weight excluding hydrogens is 462 g/mol. The number of pyridine rings is 1. The largest absolute Gasteiger partial charge is 0.433 e. The van der Waals surface area contributed by atoms with Crippen LogP contribution in [0.3, 0.4) is 0 Å². The number of aromatic nitrogens is 1. The second-order valence-corrected chi connectivity index (χ2v) is 9.75. The van der Waals surface area contributed by atoms with Gasteiger partial charge in [0.25, 0.3) is 0 Å². The maximum absolute atomic E-state index is 14.2. The van der Waals surface area contributed by atoms with Crippen molar-refractivity contribution in [2.75, 3.05) is 11.0 Å². The summed E-state index contributed by atoms with van der Waals surface area (Å²) in [6, 6.07) is 5.32. The van der Waals surface area contributed by atoms with Gasteiger partial charge in [0.15, 0.2) is 0 Å². The molecule has 2 rings (SSSR count). The van der Waals surface area contributed by atoms with E-state index in [2.05, 4.69) is 10.3 Å². The summed E-state index contributed by atoms with van der Waals surface area (Å²) in [5.74, 6) is -1.29. The van der Waals surface area contributed by atoms with Gasteiger partial charge in [-0.25, -0.2) is 17.8 Å². The summed E-state index contributed by atoms with van der Waals surface area (Å²) < 4.78 is 77.7. The van der Waals surface area contributed by atoms with Gasteiger partial charge < -0.3 is 5.32 Å². The Hall–Kier alpha value is -2.95. The lowest BCUT2D eigenvalue weighted by atomic mass is 10.0. The zero-order valence-electron chi connectivity index (χ0n) is 18.5. The Morgan fingerprint density at radius 3 is 2.36 bits per heavy atom. The Kier molecular flexibility index (Phi) is 8.23. The van der Waals surface area contributed by atoms with E-state index in [1.165, 1.54) is 30.4 Å². The van der Waals surface area contributed by atoms with Crippen molar-refractivity contribution in [2.45, 2.75) is 39.4 Å². The summed E-state index contributed by atoms with van der Waals surface area (Å²) in [5.41, 5.74) is -0.198. The second-order valence-electron chi connectivity index (χ2n) is 8.01. The average molecular weight is 488 g/mol. The van der Waals surface area contributed by atoms with Crippen molar-refractivity contribution >= 4 is 27.7 Å². The summed E-state index contributed by atoms with van der Waals surface area (Å²) >= 11 is 0. The fraction of sp³-hybridized carbons (Fsp3) is 0.364. The van der Waals surface area contributed by atoms with Crippen LogP contribution in [0.4, 0.5) is 23.2 Å². The van der Waals surface area contributed by atoms with Crippen LogP contribution in [0.2, 0.25) is 0 Å². The number of amides is 1. The molecule has 1 amide bonds. The third-order valence-corrected chi connectivity index (χ3v) is 5.05. The predicted octanol–water partition coefficient (Wildman–Crippen LogP) is 4.70. The van der Waals surface area contributed by atoms with Gasteiger partial charge in [0.1, 0.15) is 11.5 Å². The van der Waals surface area contributed by atoms with Crippen LogP contribution in [0, 0.1) is 11.7 Å². The molecule has 0 saturated heterocycles. The van der Waals surface area contributed by atoms with E-state index in [1.54, 1.807) is 6.92 Å². The third kappa shape index (κ3) is 8.16. The summed E-state index contributed by atoms with van der Waals surface area (Å²) in [4.78, 5) is 16.0. The number of anilines is 1. The monoisotopic (exact) mass is 487 g/mol. The van der Waals surface area contributed by atoms with Crippen molar-refractivity contribution in [3.8, 4) is 0 Å². The molecule has 2 N–H and O–H groups in total. The SMILES string of the molecule is CC(C)Cc1nc(C(F)(F)F)ccc1/C=C\C(=O)N[C@H](C)c1ccc(NS(C)(=O)=O)c(F)c1. The topological polar surface area (TPSA) is 88.2 Å². The number of benzene rings is 1. The number of rotatable bonds is 8. The fourth-order valence-corrected chi connectivity index (χ4v) is 3.53. The van der Waals surface area contributed by atoms with Gasteiger partial charge >= 0.3 is 6.18 Å². The van der Waals surface area contributed by atoms with E-state index in [0.29, 0.717) is 17.5 Å². The molecule has 0 aliphatic rings. The summed E-state index contributed by atoms with van der Waals surface area (Å²) in [6.45, 7) is 5.30. The lowest BCUT2D eigenvalue weighted by Gasteiger charge is -2.15. The molecule has 0 aliphatic heterocycles. The van der Waals surface area contributed by atoms with Crippen LogP contribution >= 0.6 is 0 Å². The molecule has 11 heteroatoms. The van der Waals surface area contributed by atoms with Crippen LogP contribution in [-0.4, -0.2) is 25.6 Å². The van der Waals surface area contributed by atoms with E-state index in [-0.39, 0.29) is 17.3 Å². The minimum Gasteiger partial charge on any atom is -0.346 e. The van der Waals surface area contributed by atoms with Crippen LogP contribution in [0.15, 0.2) is 36.4 Å². The standard InChI is InChI=1S/C22H25F4N3O3S/c1-13(2)11-19-15(6-9-20(28-19)22(24,25)26)7-10-21(30)27-14(3)16-5-8-18(17(23)12-16)29-33(4,31)32/h5-10,12-14,29H,11H2,1-4H3,(H,27,30)/b10-7-/t14-/m1/s1. The first-order chi connectivity index (χ1) is 15.2. The zero-order chi connectivity index (χ0) is 25.0. The van der Waals surface area contributed by atoms with Crippen molar-refractivity contribution in [2.24, 2.45) is 5.92 Å². The van der Waals surface area contributed by atoms with Crippen LogP contribution in [0.5, 0.6) is 0 Å². The predicted molar refractivity (Wildman–Crippen MR) is 118 cm³/mol. The Morgan fingerprint density at radius 2 is 1.82 bits per heavy atom. The molecule has 0 fully saturated rings. The van der Waals surface area contributed by atoms with Gasteiger partial charge in [-0.3, -0.25) is 9.52 Å². The molecule has 0 bridgehead atoms. The highest BCUT2D eigenvalue weighted by Gasteiger charge is 2.32. The zero-order valence-corrected chi connectivity index (χ0v) is 19.3. The Morgan fingerprint density at radius 1 is 1.15 bits per heavy atom. The second kappa shape index (κ2) is 10.3. The first kappa shape index (κ1) is 26.3. The molecule has 6 nitrogen and oxygen atoms in total. The van der Waals surface area contributed by atoms with E-state index in [9.17, 15) is 30.8 Å². The molecule has 33 heavy (non-hydrogen) atoms. The normalized spacial score (nSPS) is 13.4. The molecule has 1 atom stereocenters. The molecule has 2 aromatic rings. The maximum atomic E-state index is 14.2. The Bertz CT molecular complexity index is 1150. The van der Waals surface area contributed by atoms with E-state index >= 15 is 0 Å². The van der Waals surface area contributed by atoms with E-state index in [4.69, 9.17) is 0 Å². The maximum Gasteiger partial charge on any atom is 0.433 e. The van der Waals surface area contributed by atoms with Gasteiger partial charge in [-0.15, -0.1) is 0 Å². The van der Waals surface area contributed by atoms with E-state index in [0.717, 1.165) is 18.4 Å². The van der Waals surface area contributed by atoms with Crippen LogP contribution in [-0.2, 0) is 27.4 Å². The van der Waals surface area contributed by atoms with Crippen molar-refractivity contribution in [3.05, 3.63) is 64.7 Å². The molecule has 0 radical (unpaired) electrons. The Labute approximate surface area is 190 Å². The highest BCUT2D eigenvalue weighted by Crippen LogP contribution is 2.29. The van der Waals surface area contributed by atoms with Gasteiger partial charge in [0.05, 0.1) is 18.0 Å². The number of alkyl halides is 3. The van der Waals surface area contributed by atoms with Crippen molar-refractivity contribution < 1.29 is 30.8 Å². The van der Waals surface area contributed by atoms with Crippen molar-refractivity contribution in [3.63, 3.8) is 0 Å². The lowest BCUT2D eigenvalue weighted by Crippen LogP contribution is -2.24. The van der Waals surface area contributed by atoms with Gasteiger partial charge in [-0.2, -0.15) is 13.2 Å². The van der Waals surface area contributed by atoms with Crippen LogP contribution in [0.25, 0.3) is 6.08 Å².